The molecule has 3 atom stereocenters. The number of nitrogens with zero attached hydrogens (tertiary/aromatic N) is 1. The second-order valence-corrected chi connectivity index (χ2v) is 5.44. The maximum absolute atomic E-state index is 5.63. The van der Waals surface area contributed by atoms with Crippen LogP contribution in [0.4, 0.5) is 0 Å². The van der Waals surface area contributed by atoms with Gasteiger partial charge >= 0.3 is 0 Å². The van der Waals surface area contributed by atoms with Crippen LogP contribution in [0.3, 0.4) is 0 Å². The van der Waals surface area contributed by atoms with E-state index >= 15 is 0 Å². The molecule has 2 saturated heterocycles. The predicted octanol–water partition coefficient (Wildman–Crippen LogP) is 1.34. The third-order valence-corrected chi connectivity index (χ3v) is 3.94. The summed E-state index contributed by atoms with van der Waals surface area (Å²) in [5.41, 5.74) is 0. The summed E-state index contributed by atoms with van der Waals surface area (Å²) >= 11 is 0. The lowest BCUT2D eigenvalue weighted by Gasteiger charge is -2.34. The zero-order chi connectivity index (χ0) is 11.4. The van der Waals surface area contributed by atoms with Crippen LogP contribution in [-0.2, 0) is 4.74 Å². The van der Waals surface area contributed by atoms with Crippen molar-refractivity contribution in [3.05, 3.63) is 0 Å². The Morgan fingerprint density at radius 3 is 2.94 bits per heavy atom. The highest BCUT2D eigenvalue weighted by Crippen LogP contribution is 2.21. The SMILES string of the molecule is CCNC1CCOCC1CN1CCC(C)C1. The fraction of sp³-hybridized carbons (Fsp3) is 1.00. The first kappa shape index (κ1) is 12.3. The molecule has 2 fully saturated rings. The molecule has 0 aromatic rings. The van der Waals surface area contributed by atoms with Crippen LogP contribution in [0.15, 0.2) is 0 Å². The van der Waals surface area contributed by atoms with Crippen molar-refractivity contribution in [1.82, 2.24) is 10.2 Å². The molecule has 0 saturated carbocycles. The Bertz CT molecular complexity index is 208. The predicted molar refractivity (Wildman–Crippen MR) is 66.6 cm³/mol. The summed E-state index contributed by atoms with van der Waals surface area (Å²) in [6, 6.07) is 0.676. The van der Waals surface area contributed by atoms with Crippen LogP contribution in [0, 0.1) is 11.8 Å². The minimum absolute atomic E-state index is 0.676. The molecule has 2 heterocycles. The van der Waals surface area contributed by atoms with E-state index in [2.05, 4.69) is 24.1 Å². The summed E-state index contributed by atoms with van der Waals surface area (Å²) in [5.74, 6) is 1.58. The van der Waals surface area contributed by atoms with Crippen molar-refractivity contribution in [2.75, 3.05) is 39.4 Å². The average molecular weight is 226 g/mol. The molecule has 2 aliphatic rings. The van der Waals surface area contributed by atoms with Gasteiger partial charge in [-0.1, -0.05) is 13.8 Å². The van der Waals surface area contributed by atoms with E-state index in [1.54, 1.807) is 0 Å². The van der Waals surface area contributed by atoms with Gasteiger partial charge in [-0.3, -0.25) is 0 Å². The van der Waals surface area contributed by atoms with Gasteiger partial charge in [-0.2, -0.15) is 0 Å². The van der Waals surface area contributed by atoms with E-state index in [-0.39, 0.29) is 0 Å². The highest BCUT2D eigenvalue weighted by atomic mass is 16.5. The molecular weight excluding hydrogens is 200 g/mol. The van der Waals surface area contributed by atoms with Crippen molar-refractivity contribution in [1.29, 1.82) is 0 Å². The largest absolute Gasteiger partial charge is 0.381 e. The lowest BCUT2D eigenvalue weighted by Crippen LogP contribution is -2.47. The topological polar surface area (TPSA) is 24.5 Å². The quantitative estimate of drug-likeness (QED) is 0.783. The maximum atomic E-state index is 5.63. The van der Waals surface area contributed by atoms with Gasteiger partial charge in [0.05, 0.1) is 6.61 Å². The van der Waals surface area contributed by atoms with E-state index in [0.29, 0.717) is 12.0 Å². The van der Waals surface area contributed by atoms with Crippen molar-refractivity contribution in [3.8, 4) is 0 Å². The molecule has 16 heavy (non-hydrogen) atoms. The van der Waals surface area contributed by atoms with Crippen LogP contribution in [0.1, 0.15) is 26.7 Å². The van der Waals surface area contributed by atoms with Gasteiger partial charge in [0.1, 0.15) is 0 Å². The van der Waals surface area contributed by atoms with Crippen molar-refractivity contribution in [2.45, 2.75) is 32.7 Å². The molecular formula is C13H26N2O. The molecule has 0 aliphatic carbocycles. The molecule has 0 spiro atoms. The molecule has 0 aromatic carbocycles. The normalized spacial score (nSPS) is 36.8. The number of nitrogens with one attached hydrogen (secondary N) is 1. The van der Waals surface area contributed by atoms with Gasteiger partial charge in [-0.05, 0) is 31.8 Å². The Morgan fingerprint density at radius 1 is 1.38 bits per heavy atom. The van der Waals surface area contributed by atoms with Gasteiger partial charge < -0.3 is 15.0 Å². The van der Waals surface area contributed by atoms with E-state index < -0.39 is 0 Å². The third-order valence-electron chi connectivity index (χ3n) is 3.94. The first-order valence-corrected chi connectivity index (χ1v) is 6.83. The van der Waals surface area contributed by atoms with Crippen molar-refractivity contribution in [2.24, 2.45) is 11.8 Å². The molecule has 1 N–H and O–H groups in total. The minimum Gasteiger partial charge on any atom is -0.381 e. The lowest BCUT2D eigenvalue weighted by molar-refractivity contribution is 0.0196. The highest BCUT2D eigenvalue weighted by molar-refractivity contribution is 4.84. The zero-order valence-electron chi connectivity index (χ0n) is 10.7. The van der Waals surface area contributed by atoms with E-state index in [4.69, 9.17) is 4.74 Å². The van der Waals surface area contributed by atoms with Gasteiger partial charge in [0.2, 0.25) is 0 Å². The summed E-state index contributed by atoms with van der Waals surface area (Å²) in [6.07, 6.45) is 2.56. The van der Waals surface area contributed by atoms with Crippen LogP contribution in [0.5, 0.6) is 0 Å². The molecule has 3 heteroatoms. The lowest BCUT2D eigenvalue weighted by atomic mass is 9.95. The standard InChI is InChI=1S/C13H26N2O/c1-3-14-13-5-7-16-10-12(13)9-15-6-4-11(2)8-15/h11-14H,3-10H2,1-2H3. The number of hydrogen-bond donors (Lipinski definition) is 1. The van der Waals surface area contributed by atoms with Gasteiger partial charge in [0.15, 0.2) is 0 Å². The van der Waals surface area contributed by atoms with E-state index in [1.165, 1.54) is 32.5 Å². The van der Waals surface area contributed by atoms with Crippen LogP contribution >= 0.6 is 0 Å². The molecule has 0 aromatic heterocycles. The monoisotopic (exact) mass is 226 g/mol. The minimum atomic E-state index is 0.676. The zero-order valence-corrected chi connectivity index (χ0v) is 10.7. The Hall–Kier alpha value is -0.120. The summed E-state index contributed by atoms with van der Waals surface area (Å²) in [7, 11) is 0. The number of rotatable bonds is 4. The van der Waals surface area contributed by atoms with Crippen LogP contribution in [0.25, 0.3) is 0 Å². The van der Waals surface area contributed by atoms with Gasteiger partial charge in [0, 0.05) is 31.7 Å². The highest BCUT2D eigenvalue weighted by Gasteiger charge is 2.29. The van der Waals surface area contributed by atoms with E-state index in [9.17, 15) is 0 Å². The van der Waals surface area contributed by atoms with Crippen LogP contribution in [-0.4, -0.2) is 50.3 Å². The Morgan fingerprint density at radius 2 is 2.25 bits per heavy atom. The molecule has 0 radical (unpaired) electrons. The number of ether oxygens (including phenoxy) is 1. The Kier molecular flexibility index (Phi) is 4.62. The fourth-order valence-electron chi connectivity index (χ4n) is 3.03. The fourth-order valence-corrected chi connectivity index (χ4v) is 3.03. The molecule has 3 unspecified atom stereocenters. The van der Waals surface area contributed by atoms with E-state index in [0.717, 1.165) is 25.7 Å². The van der Waals surface area contributed by atoms with Gasteiger partial charge in [-0.15, -0.1) is 0 Å². The maximum Gasteiger partial charge on any atom is 0.0521 e. The summed E-state index contributed by atoms with van der Waals surface area (Å²) in [6.45, 7) is 11.3. The van der Waals surface area contributed by atoms with Crippen molar-refractivity contribution >= 4 is 0 Å². The summed E-state index contributed by atoms with van der Waals surface area (Å²) < 4.78 is 5.63. The Balaban J connectivity index is 1.81. The Labute approximate surface area is 99.5 Å². The number of hydrogen-bond acceptors (Lipinski definition) is 3. The summed E-state index contributed by atoms with van der Waals surface area (Å²) in [4.78, 5) is 2.62. The van der Waals surface area contributed by atoms with Crippen molar-refractivity contribution in [3.63, 3.8) is 0 Å². The smallest absolute Gasteiger partial charge is 0.0521 e. The molecule has 2 aliphatic heterocycles. The average Bonchev–Trinajstić information content (AvgIpc) is 2.67. The molecule has 0 bridgehead atoms. The van der Waals surface area contributed by atoms with Gasteiger partial charge in [-0.25, -0.2) is 0 Å². The summed E-state index contributed by atoms with van der Waals surface area (Å²) in [5, 5.41) is 3.61. The molecule has 0 amide bonds. The molecule has 3 nitrogen and oxygen atoms in total. The van der Waals surface area contributed by atoms with Crippen molar-refractivity contribution < 1.29 is 4.74 Å². The van der Waals surface area contributed by atoms with Gasteiger partial charge in [0.25, 0.3) is 0 Å². The third kappa shape index (κ3) is 3.19. The second-order valence-electron chi connectivity index (χ2n) is 5.44. The first-order chi connectivity index (χ1) is 7.79. The molecule has 94 valence electrons. The molecule has 2 rings (SSSR count). The number of likely N-dealkylation sites (tertiary alicyclic amines) is 1. The first-order valence-electron chi connectivity index (χ1n) is 6.83. The second kappa shape index (κ2) is 5.99. The van der Waals surface area contributed by atoms with Crippen LogP contribution < -0.4 is 5.32 Å². The van der Waals surface area contributed by atoms with Crippen LogP contribution in [0.2, 0.25) is 0 Å². The van der Waals surface area contributed by atoms with E-state index in [1.807, 2.05) is 0 Å².